The zero-order valence-corrected chi connectivity index (χ0v) is 51.4. The molecule has 20 heteroatoms. The minimum atomic E-state index is -4.46. The molecule has 4 amide bonds. The van der Waals surface area contributed by atoms with E-state index >= 15 is 0 Å². The fraction of sp³-hybridized carbons (Fsp3) is 0.422. The van der Waals surface area contributed by atoms with Gasteiger partial charge in [0.1, 0.15) is 36.4 Å². The Labute approximate surface area is 499 Å². The second kappa shape index (κ2) is 25.7. The Morgan fingerprint density at radius 2 is 1.45 bits per heavy atom. The third-order valence-electron chi connectivity index (χ3n) is 16.1. The number of nitrogens with one attached hydrogen (secondary N) is 2. The summed E-state index contributed by atoms with van der Waals surface area (Å²) in [6, 6.07) is 27.6. The van der Waals surface area contributed by atoms with Crippen molar-refractivity contribution < 1.29 is 60.5 Å². The van der Waals surface area contributed by atoms with Gasteiger partial charge in [-0.1, -0.05) is 84.8 Å². The van der Waals surface area contributed by atoms with Crippen LogP contribution in [0.2, 0.25) is 0 Å². The number of carbonyl (C=O) groups excluding carboxylic acids is 6. The predicted octanol–water partition coefficient (Wildman–Crippen LogP) is 10.7. The number of amides is 4. The maximum Gasteiger partial charge on any atom is 0.278 e. The van der Waals surface area contributed by atoms with E-state index in [9.17, 15) is 41.7 Å². The molecule has 0 bridgehead atoms. The van der Waals surface area contributed by atoms with E-state index in [1.54, 1.807) is 45.9 Å². The summed E-state index contributed by atoms with van der Waals surface area (Å²) in [5.74, 6) is -1.49. The largest absolute Gasteiger partial charge is 0.493 e. The van der Waals surface area contributed by atoms with Gasteiger partial charge in [-0.15, -0.1) is 0 Å². The second-order valence-corrected chi connectivity index (χ2v) is 28.0. The van der Waals surface area contributed by atoms with Gasteiger partial charge >= 0.3 is 0 Å². The molecule has 0 radical (unpaired) electrons. The van der Waals surface area contributed by atoms with Gasteiger partial charge in [-0.25, -0.2) is 0 Å². The van der Waals surface area contributed by atoms with Crippen LogP contribution in [-0.4, -0.2) is 101 Å². The maximum atomic E-state index is 14.2. The van der Waals surface area contributed by atoms with Crippen molar-refractivity contribution in [1.82, 2.24) is 5.32 Å². The van der Waals surface area contributed by atoms with Gasteiger partial charge in [0.2, 0.25) is 17.7 Å². The lowest BCUT2D eigenvalue weighted by atomic mass is 9.99. The number of methoxy groups -OCH3 is 1. The van der Waals surface area contributed by atoms with Crippen LogP contribution >= 0.6 is 21.6 Å². The number of fused-ring (bicyclic) bond motifs is 8. The number of carbonyl (C=O) groups is 6. The molecular formula is C64H73N5O12S3. The molecule has 4 heterocycles. The molecule has 0 saturated heterocycles. The van der Waals surface area contributed by atoms with Crippen LogP contribution in [0.1, 0.15) is 134 Å². The SMILES string of the molecule is CCC(=O)C(C)CC(SSC(C)(C)CCC(=O)N[C@@H](C)C(=O)C[C@H](C)C(=O)Nc1cc(COc2cc3c(cc2C)C(=O)N2c4ccccc4C[C@H]2[C-]=[N+]3C)cc(COc2cc3c(cc2OC)C(=O)N2c4ccccc4C[C@H]2CC3)c1)S(=O)(=O)O. The van der Waals surface area contributed by atoms with Crippen molar-refractivity contribution in [3.8, 4) is 17.2 Å². The highest BCUT2D eigenvalue weighted by Crippen LogP contribution is 2.45. The van der Waals surface area contributed by atoms with Crippen molar-refractivity contribution in [3.05, 3.63) is 136 Å². The zero-order valence-electron chi connectivity index (χ0n) is 48.9. The number of aryl methyl sites for hydroxylation is 2. The first kappa shape index (κ1) is 61.6. The van der Waals surface area contributed by atoms with Gasteiger partial charge in [0.25, 0.3) is 16.0 Å². The van der Waals surface area contributed by atoms with Crippen LogP contribution in [-0.2, 0) is 61.8 Å². The normalized spacial score (nSPS) is 17.6. The summed E-state index contributed by atoms with van der Waals surface area (Å²) in [6.45, 7) is 12.2. The molecule has 444 valence electrons. The number of anilines is 3. The number of Topliss-reactive ketones (excluding diaryl/α,β-unsaturated/α-hetero) is 2. The zero-order chi connectivity index (χ0) is 60.4. The molecule has 3 N–H and O–H groups in total. The lowest BCUT2D eigenvalue weighted by Gasteiger charge is -2.26. The Balaban J connectivity index is 0.884. The summed E-state index contributed by atoms with van der Waals surface area (Å²) in [5, 5.41) is 5.74. The van der Waals surface area contributed by atoms with E-state index in [1.807, 2.05) is 109 Å². The topological polar surface area (TPSA) is 218 Å². The highest BCUT2D eigenvalue weighted by atomic mass is 33.1. The highest BCUT2D eigenvalue weighted by Gasteiger charge is 2.39. The molecule has 4 aliphatic heterocycles. The van der Waals surface area contributed by atoms with Gasteiger partial charge in [-0.2, -0.15) is 8.42 Å². The van der Waals surface area contributed by atoms with Crippen molar-refractivity contribution >= 4 is 95.9 Å². The Kier molecular flexibility index (Phi) is 18.8. The van der Waals surface area contributed by atoms with E-state index in [2.05, 4.69) is 22.9 Å². The van der Waals surface area contributed by atoms with Crippen LogP contribution in [0.25, 0.3) is 0 Å². The van der Waals surface area contributed by atoms with E-state index in [0.29, 0.717) is 70.1 Å². The van der Waals surface area contributed by atoms with Crippen molar-refractivity contribution in [2.24, 2.45) is 11.8 Å². The monoisotopic (exact) mass is 1200 g/mol. The molecule has 5 aromatic carbocycles. The van der Waals surface area contributed by atoms with Crippen LogP contribution < -0.4 is 34.6 Å². The Morgan fingerprint density at radius 3 is 2.12 bits per heavy atom. The molecule has 9 rings (SSSR count). The average Bonchev–Trinajstić information content (AvgIpc) is 2.41. The summed E-state index contributed by atoms with van der Waals surface area (Å²) >= 11 is 0. The van der Waals surface area contributed by atoms with Gasteiger partial charge in [0, 0.05) is 82.3 Å². The fourth-order valence-corrected chi connectivity index (χ4v) is 16.0. The Morgan fingerprint density at radius 1 is 0.810 bits per heavy atom. The third-order valence-corrected chi connectivity index (χ3v) is 21.9. The number of rotatable bonds is 24. The molecule has 84 heavy (non-hydrogen) atoms. The van der Waals surface area contributed by atoms with Crippen LogP contribution in [0.3, 0.4) is 0 Å². The van der Waals surface area contributed by atoms with Crippen molar-refractivity contribution in [2.75, 3.05) is 29.3 Å². The Hall–Kier alpha value is -7.00. The van der Waals surface area contributed by atoms with Crippen molar-refractivity contribution in [1.29, 1.82) is 0 Å². The lowest BCUT2D eigenvalue weighted by Crippen LogP contribution is -2.40. The summed E-state index contributed by atoms with van der Waals surface area (Å²) < 4.78 is 53.2. The van der Waals surface area contributed by atoms with E-state index < -0.39 is 49.1 Å². The number of ether oxygens (including phenoxy) is 3. The first-order valence-electron chi connectivity index (χ1n) is 28.4. The van der Waals surface area contributed by atoms with Crippen molar-refractivity contribution in [3.63, 3.8) is 0 Å². The van der Waals surface area contributed by atoms with Gasteiger partial charge in [0.15, 0.2) is 17.3 Å². The van der Waals surface area contributed by atoms with Gasteiger partial charge in [-0.05, 0) is 148 Å². The molecule has 0 aliphatic carbocycles. The number of ketones is 2. The van der Waals surface area contributed by atoms with Gasteiger partial charge in [-0.3, -0.25) is 33.3 Å². The molecule has 17 nitrogen and oxygen atoms in total. The summed E-state index contributed by atoms with van der Waals surface area (Å²) in [7, 11) is 1.10. The van der Waals surface area contributed by atoms with E-state index in [1.165, 1.54) is 17.9 Å². The van der Waals surface area contributed by atoms with E-state index in [-0.39, 0.29) is 74.4 Å². The molecule has 0 aromatic heterocycles. The summed E-state index contributed by atoms with van der Waals surface area (Å²) in [5.41, 5.74) is 9.15. The van der Waals surface area contributed by atoms with Gasteiger partial charge < -0.3 is 39.2 Å². The molecule has 2 unspecified atom stereocenters. The first-order chi connectivity index (χ1) is 39.9. The standard InChI is InChI=1S/C64H73N5O12S3/c1-10-54(70)37(2)25-60(84(76,77)78)82-83-64(6,7)22-21-59(72)65-40(5)55(71)24-39(4)61(73)66-46-27-41(35-80-56-33-53-50(23-38(56)3)63(75)69-48(34-67(53)8)30-45-16-12-14-18-52(45)69)26-42(28-46)36-81-58-31-43-19-20-47-29-44-15-11-13-17-51(44)68(47)62(74)49(43)32-57(58)79-9/h11-18,23,26-28,31-33,37,39-40,47-48,60H,10,19-22,24-25,29-30,35-36H2,1-9H3,(H,65,72)(H,66,73)(H,76,77,78)/t37?,39-,40-,47+,48-,60?/m0/s1. The highest BCUT2D eigenvalue weighted by molar-refractivity contribution is 8.78. The number of nitrogens with zero attached hydrogens (tertiary/aromatic N) is 3. The fourth-order valence-electron chi connectivity index (χ4n) is 11.3. The predicted molar refractivity (Wildman–Crippen MR) is 328 cm³/mol. The van der Waals surface area contributed by atoms with Crippen LogP contribution in [0.4, 0.5) is 22.7 Å². The first-order valence-corrected chi connectivity index (χ1v) is 32.2. The van der Waals surface area contributed by atoms with Crippen LogP contribution in [0.5, 0.6) is 17.2 Å². The number of hydrogen-bond acceptors (Lipinski definition) is 13. The quantitative estimate of drug-likeness (QED) is 0.0227. The molecule has 5 aromatic rings. The number of hydrogen-bond donors (Lipinski definition) is 3. The average molecular weight is 1200 g/mol. The number of benzene rings is 5. The lowest BCUT2D eigenvalue weighted by molar-refractivity contribution is -0.401. The number of para-hydroxylation sites is 2. The molecule has 0 saturated carbocycles. The molecular weight excluding hydrogens is 1130 g/mol. The third kappa shape index (κ3) is 13.9. The van der Waals surface area contributed by atoms with E-state index in [4.69, 9.17) is 14.2 Å². The molecule has 6 atom stereocenters. The Bertz CT molecular complexity index is 3570. The minimum absolute atomic E-state index is 0.0176. The maximum absolute atomic E-state index is 14.2. The molecule has 0 spiro atoms. The van der Waals surface area contributed by atoms with Gasteiger partial charge in [0.05, 0.1) is 18.8 Å². The molecule has 0 fully saturated rings. The van der Waals surface area contributed by atoms with Crippen molar-refractivity contribution in [2.45, 2.75) is 147 Å². The summed E-state index contributed by atoms with van der Waals surface area (Å²) in [6.07, 6.45) is 6.72. The van der Waals surface area contributed by atoms with Crippen LogP contribution in [0, 0.1) is 18.8 Å². The molecule has 4 aliphatic rings. The minimum Gasteiger partial charge on any atom is -0.493 e. The second-order valence-electron chi connectivity index (χ2n) is 23.0. The van der Waals surface area contributed by atoms with Crippen LogP contribution in [0.15, 0.2) is 91.0 Å². The van der Waals surface area contributed by atoms with E-state index in [0.717, 1.165) is 57.3 Å². The smallest absolute Gasteiger partial charge is 0.278 e. The summed E-state index contributed by atoms with van der Waals surface area (Å²) in [4.78, 5) is 85.1.